The number of hydrogen-bond acceptors (Lipinski definition) is 4. The van der Waals surface area contributed by atoms with Crippen LogP contribution in [0, 0.1) is 0 Å². The van der Waals surface area contributed by atoms with Crippen molar-refractivity contribution >= 4 is 32.7 Å². The van der Waals surface area contributed by atoms with Crippen molar-refractivity contribution in [3.05, 3.63) is 188 Å². The van der Waals surface area contributed by atoms with Crippen LogP contribution in [0.2, 0.25) is 0 Å². The summed E-state index contributed by atoms with van der Waals surface area (Å²) in [4.78, 5) is 15.5. The fourth-order valence-corrected chi connectivity index (χ4v) is 7.24. The van der Waals surface area contributed by atoms with E-state index in [1.54, 1.807) is 0 Å². The van der Waals surface area contributed by atoms with E-state index >= 15 is 0 Å². The Morgan fingerprint density at radius 3 is 1.49 bits per heavy atom. The predicted octanol–water partition coefficient (Wildman–Crippen LogP) is 12.9. The summed E-state index contributed by atoms with van der Waals surface area (Å²) >= 11 is 0. The molecule has 0 aliphatic rings. The summed E-state index contributed by atoms with van der Waals surface area (Å²) in [5.41, 5.74) is 11.2. The Morgan fingerprint density at radius 1 is 0.302 bits per heavy atom. The first-order valence-corrected chi connectivity index (χ1v) is 17.8. The van der Waals surface area contributed by atoms with Gasteiger partial charge >= 0.3 is 0 Å². The van der Waals surface area contributed by atoms with E-state index in [4.69, 9.17) is 19.4 Å². The van der Waals surface area contributed by atoms with Gasteiger partial charge in [0.15, 0.2) is 17.5 Å². The number of nitrogens with zero attached hydrogens (tertiary/aromatic N) is 3. The maximum atomic E-state index is 6.46. The van der Waals surface area contributed by atoms with Crippen LogP contribution in [0.5, 0.6) is 0 Å². The van der Waals surface area contributed by atoms with Gasteiger partial charge in [0.25, 0.3) is 0 Å². The third-order valence-electron chi connectivity index (χ3n) is 9.98. The Balaban J connectivity index is 1.13. The Morgan fingerprint density at radius 2 is 0.792 bits per heavy atom. The van der Waals surface area contributed by atoms with Gasteiger partial charge in [0.1, 0.15) is 11.2 Å². The van der Waals surface area contributed by atoms with E-state index in [0.29, 0.717) is 17.5 Å². The van der Waals surface area contributed by atoms with Crippen molar-refractivity contribution in [1.82, 2.24) is 15.0 Å². The molecule has 0 N–H and O–H groups in total. The standard InChI is InChI=1S/C49H31N3O/c1-3-11-32(12-4-1)34-21-23-36(24-22-34)39-30-27-37-15-9-18-42(44(37)31-39)48-50-47(38-28-25-35(26-29-38)33-13-5-2-6-14-33)51-49(52-48)43-19-10-17-41-40-16-7-8-20-45(40)53-46(41)43/h1-31H. The summed E-state index contributed by atoms with van der Waals surface area (Å²) in [5.74, 6) is 1.77. The summed E-state index contributed by atoms with van der Waals surface area (Å²) in [6, 6.07) is 65.3. The maximum absolute atomic E-state index is 6.46. The minimum Gasteiger partial charge on any atom is -0.455 e. The van der Waals surface area contributed by atoms with Crippen molar-refractivity contribution in [1.29, 1.82) is 0 Å². The largest absolute Gasteiger partial charge is 0.455 e. The quantitative estimate of drug-likeness (QED) is 0.176. The molecule has 0 saturated heterocycles. The number of benzene rings is 8. The van der Waals surface area contributed by atoms with E-state index in [-0.39, 0.29) is 0 Å². The van der Waals surface area contributed by atoms with Gasteiger partial charge in [0, 0.05) is 21.9 Å². The first kappa shape index (κ1) is 30.6. The number of furan rings is 1. The van der Waals surface area contributed by atoms with Gasteiger partial charge in [0.2, 0.25) is 0 Å². The van der Waals surface area contributed by atoms with Crippen molar-refractivity contribution in [2.45, 2.75) is 0 Å². The summed E-state index contributed by atoms with van der Waals surface area (Å²) < 4.78 is 6.46. The molecule has 0 atom stereocenters. The molecule has 0 radical (unpaired) electrons. The molecule has 0 unspecified atom stereocenters. The highest BCUT2D eigenvalue weighted by molar-refractivity contribution is 6.09. The van der Waals surface area contributed by atoms with Crippen molar-refractivity contribution in [3.63, 3.8) is 0 Å². The van der Waals surface area contributed by atoms with Crippen molar-refractivity contribution in [2.75, 3.05) is 0 Å². The lowest BCUT2D eigenvalue weighted by molar-refractivity contribution is 0.669. The molecule has 4 heteroatoms. The van der Waals surface area contributed by atoms with Crippen LogP contribution < -0.4 is 0 Å². The lowest BCUT2D eigenvalue weighted by atomic mass is 9.96. The molecular formula is C49H31N3O. The molecule has 0 spiro atoms. The molecule has 2 heterocycles. The minimum atomic E-state index is 0.562. The topological polar surface area (TPSA) is 51.8 Å². The molecule has 0 saturated carbocycles. The molecule has 0 aliphatic heterocycles. The molecule has 0 amide bonds. The lowest BCUT2D eigenvalue weighted by Gasteiger charge is -2.12. The molecule has 4 nitrogen and oxygen atoms in total. The minimum absolute atomic E-state index is 0.562. The first-order chi connectivity index (χ1) is 26.2. The van der Waals surface area contributed by atoms with Crippen LogP contribution >= 0.6 is 0 Å². The SMILES string of the molecule is c1ccc(-c2ccc(-c3ccc4cccc(-c5nc(-c6ccc(-c7ccccc7)cc6)nc(-c6cccc7c6oc6ccccc67)n5)c4c3)cc2)cc1. The van der Waals surface area contributed by atoms with Crippen LogP contribution in [-0.2, 0) is 0 Å². The zero-order valence-corrected chi connectivity index (χ0v) is 28.6. The molecular weight excluding hydrogens is 647 g/mol. The maximum Gasteiger partial charge on any atom is 0.167 e. The highest BCUT2D eigenvalue weighted by Gasteiger charge is 2.19. The van der Waals surface area contributed by atoms with Crippen LogP contribution in [0.4, 0.5) is 0 Å². The molecule has 2 aromatic heterocycles. The second-order valence-electron chi connectivity index (χ2n) is 13.2. The molecule has 10 aromatic rings. The number of aromatic nitrogens is 3. The van der Waals surface area contributed by atoms with Crippen molar-refractivity contribution in [2.24, 2.45) is 0 Å². The fourth-order valence-electron chi connectivity index (χ4n) is 7.24. The Hall–Kier alpha value is -7.17. The number of hydrogen-bond donors (Lipinski definition) is 0. The van der Waals surface area contributed by atoms with Crippen LogP contribution in [0.15, 0.2) is 192 Å². The zero-order valence-electron chi connectivity index (χ0n) is 28.6. The molecule has 8 aromatic carbocycles. The third kappa shape index (κ3) is 5.63. The van der Waals surface area contributed by atoms with Gasteiger partial charge in [-0.25, -0.2) is 15.0 Å². The van der Waals surface area contributed by atoms with Gasteiger partial charge in [-0.2, -0.15) is 0 Å². The Bertz CT molecular complexity index is 2910. The summed E-state index contributed by atoms with van der Waals surface area (Å²) in [5, 5.41) is 4.28. The Labute approximate surface area is 306 Å². The van der Waals surface area contributed by atoms with E-state index in [1.807, 2.05) is 42.5 Å². The summed E-state index contributed by atoms with van der Waals surface area (Å²) in [6.45, 7) is 0. The predicted molar refractivity (Wildman–Crippen MR) is 217 cm³/mol. The van der Waals surface area contributed by atoms with Crippen LogP contribution in [0.3, 0.4) is 0 Å². The average Bonchev–Trinajstić information content (AvgIpc) is 3.63. The van der Waals surface area contributed by atoms with Gasteiger partial charge in [-0.05, 0) is 62.4 Å². The zero-order chi connectivity index (χ0) is 35.1. The van der Waals surface area contributed by atoms with Gasteiger partial charge in [0.05, 0.1) is 5.56 Å². The first-order valence-electron chi connectivity index (χ1n) is 17.8. The lowest BCUT2D eigenvalue weighted by Crippen LogP contribution is -2.01. The van der Waals surface area contributed by atoms with E-state index in [2.05, 4.69) is 146 Å². The normalized spacial score (nSPS) is 11.4. The van der Waals surface area contributed by atoms with Gasteiger partial charge in [-0.3, -0.25) is 0 Å². The summed E-state index contributed by atoms with van der Waals surface area (Å²) in [6.07, 6.45) is 0. The Kier molecular flexibility index (Phi) is 7.43. The van der Waals surface area contributed by atoms with Crippen molar-refractivity contribution in [3.8, 4) is 67.5 Å². The highest BCUT2D eigenvalue weighted by atomic mass is 16.3. The van der Waals surface area contributed by atoms with Gasteiger partial charge < -0.3 is 4.42 Å². The number of rotatable bonds is 6. The third-order valence-corrected chi connectivity index (χ3v) is 9.98. The van der Waals surface area contributed by atoms with Gasteiger partial charge in [-0.15, -0.1) is 0 Å². The number of fused-ring (bicyclic) bond motifs is 4. The van der Waals surface area contributed by atoms with Crippen LogP contribution in [0.1, 0.15) is 0 Å². The molecule has 0 aliphatic carbocycles. The van der Waals surface area contributed by atoms with Gasteiger partial charge in [-0.1, -0.05) is 170 Å². The fraction of sp³-hybridized carbons (Fsp3) is 0. The monoisotopic (exact) mass is 677 g/mol. The molecule has 248 valence electrons. The molecule has 0 bridgehead atoms. The molecule has 53 heavy (non-hydrogen) atoms. The summed E-state index contributed by atoms with van der Waals surface area (Å²) in [7, 11) is 0. The van der Waals surface area contributed by atoms with Crippen molar-refractivity contribution < 1.29 is 4.42 Å². The van der Waals surface area contributed by atoms with Crippen LogP contribution in [0.25, 0.3) is 100 Å². The second kappa shape index (κ2) is 12.9. The van der Waals surface area contributed by atoms with Crippen LogP contribution in [-0.4, -0.2) is 15.0 Å². The van der Waals surface area contributed by atoms with E-state index in [9.17, 15) is 0 Å². The average molecular weight is 678 g/mol. The smallest absolute Gasteiger partial charge is 0.167 e. The van der Waals surface area contributed by atoms with E-state index in [1.165, 1.54) is 11.1 Å². The molecule has 0 fully saturated rings. The number of para-hydroxylation sites is 2. The highest BCUT2D eigenvalue weighted by Crippen LogP contribution is 2.37. The molecule has 10 rings (SSSR count). The second-order valence-corrected chi connectivity index (χ2v) is 13.2. The van der Waals surface area contributed by atoms with E-state index < -0.39 is 0 Å². The van der Waals surface area contributed by atoms with E-state index in [0.717, 1.165) is 71.7 Å².